The van der Waals surface area contributed by atoms with Crippen molar-refractivity contribution in [1.82, 2.24) is 15.4 Å². The molecule has 0 unspecified atom stereocenters. The maximum atomic E-state index is 14.3. The first kappa shape index (κ1) is 24.8. The molecule has 3 rings (SSSR count). The van der Waals surface area contributed by atoms with Gasteiger partial charge < -0.3 is 5.32 Å². The molecule has 3 N–H and O–H groups in total. The lowest BCUT2D eigenvalue weighted by molar-refractivity contribution is -0.124. The van der Waals surface area contributed by atoms with Crippen LogP contribution in [0.2, 0.25) is 0 Å². The normalized spacial score (nSPS) is 16.6. The molecule has 0 saturated carbocycles. The molecule has 1 aliphatic heterocycles. The number of amides is 1. The predicted octanol–water partition coefficient (Wildman–Crippen LogP) is 3.66. The van der Waals surface area contributed by atoms with Crippen LogP contribution in [-0.4, -0.2) is 40.1 Å². The van der Waals surface area contributed by atoms with Crippen molar-refractivity contribution in [2.24, 2.45) is 0 Å². The van der Waals surface area contributed by atoms with Gasteiger partial charge in [-0.3, -0.25) is 14.9 Å². The monoisotopic (exact) mass is 442 g/mol. The largest absolute Gasteiger partial charge is 0.364 e. The van der Waals surface area contributed by atoms with Crippen LogP contribution in [0.4, 0.5) is 10.2 Å². The Hall–Kier alpha value is -2.19. The number of nitrogens with one attached hydrogen (secondary N) is 2. The van der Waals surface area contributed by atoms with Crippen LogP contribution in [0.3, 0.4) is 0 Å². The summed E-state index contributed by atoms with van der Waals surface area (Å²) in [5.41, 5.74) is 3.19. The molecular formula is C20H25Cl2FN4O2. The first-order chi connectivity index (χ1) is 13.1. The lowest BCUT2D eigenvalue weighted by Crippen LogP contribution is -2.41. The van der Waals surface area contributed by atoms with Crippen molar-refractivity contribution in [3.63, 3.8) is 0 Å². The summed E-state index contributed by atoms with van der Waals surface area (Å²) >= 11 is 0. The minimum absolute atomic E-state index is 0. The summed E-state index contributed by atoms with van der Waals surface area (Å²) in [5.74, 6) is -0.939. The van der Waals surface area contributed by atoms with Gasteiger partial charge in [0, 0.05) is 31.4 Å². The quantitative estimate of drug-likeness (QED) is 0.361. The zero-order valence-corrected chi connectivity index (χ0v) is 17.4. The fourth-order valence-electron chi connectivity index (χ4n) is 3.21. The second-order valence-corrected chi connectivity index (χ2v) is 6.61. The number of likely N-dealkylation sites (tertiary alicyclic amines) is 1. The van der Waals surface area contributed by atoms with Gasteiger partial charge >= 0.3 is 0 Å². The van der Waals surface area contributed by atoms with Crippen molar-refractivity contribution in [2.45, 2.75) is 25.4 Å². The fourth-order valence-corrected chi connectivity index (χ4v) is 3.21. The average Bonchev–Trinajstić information content (AvgIpc) is 2.69. The number of carbonyl (C=O) groups is 1. The topological polar surface area (TPSA) is 77.5 Å². The van der Waals surface area contributed by atoms with Crippen LogP contribution in [0.25, 0.3) is 6.08 Å². The molecule has 0 bridgehead atoms. The SMILES string of the molecule is Cl.Cl.O=C(C=Cc1cnc(N[C@@H]2CCCN(Cc3ccccc3)C2)c(F)c1)NO. The average molecular weight is 443 g/mol. The molecule has 0 radical (unpaired) electrons. The first-order valence-corrected chi connectivity index (χ1v) is 8.94. The zero-order valence-electron chi connectivity index (χ0n) is 15.8. The first-order valence-electron chi connectivity index (χ1n) is 8.94. The second-order valence-electron chi connectivity index (χ2n) is 6.61. The molecule has 1 aromatic carbocycles. The summed E-state index contributed by atoms with van der Waals surface area (Å²) in [4.78, 5) is 17.5. The molecule has 2 aromatic rings. The molecule has 1 fully saturated rings. The van der Waals surface area contributed by atoms with Crippen LogP contribution in [0.1, 0.15) is 24.0 Å². The van der Waals surface area contributed by atoms with Crippen molar-refractivity contribution in [2.75, 3.05) is 18.4 Å². The third-order valence-corrected chi connectivity index (χ3v) is 4.50. The Balaban J connectivity index is 0.00000210. The van der Waals surface area contributed by atoms with Crippen LogP contribution < -0.4 is 10.8 Å². The maximum Gasteiger partial charge on any atom is 0.267 e. The van der Waals surface area contributed by atoms with Gasteiger partial charge in [-0.05, 0) is 42.7 Å². The maximum absolute atomic E-state index is 14.3. The van der Waals surface area contributed by atoms with E-state index in [1.54, 1.807) is 0 Å². The highest BCUT2D eigenvalue weighted by atomic mass is 35.5. The number of benzene rings is 1. The fraction of sp³-hybridized carbons (Fsp3) is 0.300. The number of hydrogen-bond donors (Lipinski definition) is 3. The van der Waals surface area contributed by atoms with E-state index in [0.29, 0.717) is 5.56 Å². The molecule has 9 heteroatoms. The Morgan fingerprint density at radius 3 is 2.76 bits per heavy atom. The van der Waals surface area contributed by atoms with E-state index in [0.717, 1.165) is 38.6 Å². The highest BCUT2D eigenvalue weighted by molar-refractivity contribution is 5.90. The summed E-state index contributed by atoms with van der Waals surface area (Å²) < 4.78 is 14.3. The number of anilines is 1. The molecule has 2 heterocycles. The lowest BCUT2D eigenvalue weighted by atomic mass is 10.0. The number of piperidine rings is 1. The van der Waals surface area contributed by atoms with Crippen molar-refractivity contribution in [3.8, 4) is 0 Å². The van der Waals surface area contributed by atoms with Crippen LogP contribution in [0.5, 0.6) is 0 Å². The van der Waals surface area contributed by atoms with E-state index >= 15 is 0 Å². The van der Waals surface area contributed by atoms with Crippen LogP contribution in [0, 0.1) is 5.82 Å². The molecule has 6 nitrogen and oxygen atoms in total. The molecule has 1 atom stereocenters. The number of hydrogen-bond acceptors (Lipinski definition) is 5. The zero-order chi connectivity index (χ0) is 19.1. The van der Waals surface area contributed by atoms with Crippen molar-refractivity contribution in [3.05, 3.63) is 65.6 Å². The second kappa shape index (κ2) is 12.4. The molecular weight excluding hydrogens is 418 g/mol. The highest BCUT2D eigenvalue weighted by Gasteiger charge is 2.21. The van der Waals surface area contributed by atoms with Gasteiger partial charge in [0.15, 0.2) is 11.6 Å². The predicted molar refractivity (Wildman–Crippen MR) is 116 cm³/mol. The van der Waals surface area contributed by atoms with E-state index in [1.807, 2.05) is 18.2 Å². The number of rotatable bonds is 6. The number of halogens is 3. The molecule has 0 spiro atoms. The molecule has 1 aromatic heterocycles. The minimum Gasteiger partial charge on any atom is -0.364 e. The van der Waals surface area contributed by atoms with E-state index in [2.05, 4.69) is 27.3 Å². The van der Waals surface area contributed by atoms with Crippen molar-refractivity contribution in [1.29, 1.82) is 0 Å². The van der Waals surface area contributed by atoms with E-state index in [4.69, 9.17) is 5.21 Å². The van der Waals surface area contributed by atoms with Gasteiger partial charge in [0.25, 0.3) is 5.91 Å². The van der Waals surface area contributed by atoms with E-state index < -0.39 is 11.7 Å². The van der Waals surface area contributed by atoms with Gasteiger partial charge in [0.1, 0.15) is 0 Å². The Labute approximate surface area is 182 Å². The Morgan fingerprint density at radius 2 is 2.07 bits per heavy atom. The van der Waals surface area contributed by atoms with E-state index in [9.17, 15) is 9.18 Å². The number of aromatic nitrogens is 1. The molecule has 158 valence electrons. The van der Waals surface area contributed by atoms with E-state index in [1.165, 1.54) is 29.4 Å². The molecule has 0 aliphatic carbocycles. The van der Waals surface area contributed by atoms with E-state index in [-0.39, 0.29) is 36.7 Å². The third kappa shape index (κ3) is 7.62. The Morgan fingerprint density at radius 1 is 1.31 bits per heavy atom. The summed E-state index contributed by atoms with van der Waals surface area (Å²) in [7, 11) is 0. The van der Waals surface area contributed by atoms with Crippen LogP contribution >= 0.6 is 24.8 Å². The molecule has 1 aliphatic rings. The van der Waals surface area contributed by atoms with Crippen LogP contribution in [-0.2, 0) is 11.3 Å². The van der Waals surface area contributed by atoms with Gasteiger partial charge in [0.2, 0.25) is 0 Å². The number of nitrogens with zero attached hydrogens (tertiary/aromatic N) is 2. The third-order valence-electron chi connectivity index (χ3n) is 4.50. The summed E-state index contributed by atoms with van der Waals surface area (Å²) in [6.45, 7) is 2.74. The van der Waals surface area contributed by atoms with Gasteiger partial charge in [-0.1, -0.05) is 30.3 Å². The Kier molecular flexibility index (Phi) is 10.6. The minimum atomic E-state index is -0.682. The van der Waals surface area contributed by atoms with Crippen molar-refractivity contribution < 1.29 is 14.4 Å². The number of carbonyl (C=O) groups excluding carboxylic acids is 1. The van der Waals surface area contributed by atoms with Crippen LogP contribution in [0.15, 0.2) is 48.7 Å². The lowest BCUT2D eigenvalue weighted by Gasteiger charge is -2.33. The molecule has 29 heavy (non-hydrogen) atoms. The summed E-state index contributed by atoms with van der Waals surface area (Å²) in [6, 6.07) is 11.7. The summed E-state index contributed by atoms with van der Waals surface area (Å²) in [6.07, 6.45) is 5.98. The van der Waals surface area contributed by atoms with Gasteiger partial charge in [-0.15, -0.1) is 24.8 Å². The smallest absolute Gasteiger partial charge is 0.267 e. The molecule has 1 amide bonds. The molecule has 1 saturated heterocycles. The van der Waals surface area contributed by atoms with Gasteiger partial charge in [-0.2, -0.15) is 0 Å². The number of hydroxylamine groups is 1. The van der Waals surface area contributed by atoms with Crippen molar-refractivity contribution >= 4 is 42.6 Å². The summed E-state index contributed by atoms with van der Waals surface area (Å²) in [5, 5.41) is 11.7. The highest BCUT2D eigenvalue weighted by Crippen LogP contribution is 2.19. The van der Waals surface area contributed by atoms with Gasteiger partial charge in [0.05, 0.1) is 0 Å². The Bertz CT molecular complexity index is 808. The number of pyridine rings is 1. The standard InChI is InChI=1S/C20H23FN4O2.2ClH/c21-18-11-16(8-9-19(26)24-27)12-22-20(18)23-17-7-4-10-25(14-17)13-15-5-2-1-3-6-15;;/h1-3,5-6,8-9,11-12,17,27H,4,7,10,13-14H2,(H,22,23)(H,24,26);2*1H/t17-;;/m1../s1. The van der Waals surface area contributed by atoms with Gasteiger partial charge in [-0.25, -0.2) is 14.9 Å².